The Labute approximate surface area is 247 Å². The first-order chi connectivity index (χ1) is 19.9. The lowest BCUT2D eigenvalue weighted by Crippen LogP contribution is -2.10. The smallest absolute Gasteiger partial charge is 0.355 e. The molecule has 0 amide bonds. The van der Waals surface area contributed by atoms with Gasteiger partial charge in [0.05, 0.1) is 29.9 Å². The largest absolute Gasteiger partial charge is 0.497 e. The molecule has 0 saturated heterocycles. The van der Waals surface area contributed by atoms with Gasteiger partial charge in [0.15, 0.2) is 0 Å². The van der Waals surface area contributed by atoms with Crippen LogP contribution in [0.15, 0.2) is 66.7 Å². The summed E-state index contributed by atoms with van der Waals surface area (Å²) in [4.78, 5) is 37.9. The van der Waals surface area contributed by atoms with Crippen LogP contribution in [0.1, 0.15) is 75.8 Å². The standard InChI is InChI=1S/C32H31ClO7S/c1-3-4-5-6-7-8-19-38-30(34)21-9-13-23(14-10-21)39-31(35)22-11-15-24(16-12-22)40-32(36)29-28(33)26-18-17-25(37-2)20-27(26)41-29/h9-18,20H,3-8,19H2,1-2H3. The highest BCUT2D eigenvalue weighted by Crippen LogP contribution is 2.37. The highest BCUT2D eigenvalue weighted by molar-refractivity contribution is 7.21. The van der Waals surface area contributed by atoms with Crippen LogP contribution in [0, 0.1) is 0 Å². The minimum absolute atomic E-state index is 0.251. The molecule has 3 aromatic carbocycles. The summed E-state index contributed by atoms with van der Waals surface area (Å²) in [6.07, 6.45) is 6.68. The normalized spacial score (nSPS) is 10.8. The fourth-order valence-electron chi connectivity index (χ4n) is 4.07. The summed E-state index contributed by atoms with van der Waals surface area (Å²) < 4.78 is 22.2. The van der Waals surface area contributed by atoms with Crippen molar-refractivity contribution in [1.82, 2.24) is 0 Å². The van der Waals surface area contributed by atoms with E-state index in [2.05, 4.69) is 6.92 Å². The maximum absolute atomic E-state index is 12.8. The zero-order chi connectivity index (χ0) is 29.2. The van der Waals surface area contributed by atoms with E-state index in [0.717, 1.165) is 29.3 Å². The summed E-state index contributed by atoms with van der Waals surface area (Å²) in [5.41, 5.74) is 0.652. The third kappa shape index (κ3) is 8.08. The number of hydrogen-bond donors (Lipinski definition) is 0. The lowest BCUT2D eigenvalue weighted by Gasteiger charge is -2.08. The van der Waals surface area contributed by atoms with Crippen molar-refractivity contribution in [1.29, 1.82) is 0 Å². The number of thiophene rings is 1. The number of rotatable bonds is 13. The van der Waals surface area contributed by atoms with Gasteiger partial charge in [-0.15, -0.1) is 11.3 Å². The van der Waals surface area contributed by atoms with Gasteiger partial charge in [-0.3, -0.25) is 0 Å². The highest BCUT2D eigenvalue weighted by atomic mass is 35.5. The van der Waals surface area contributed by atoms with Crippen LogP contribution >= 0.6 is 22.9 Å². The van der Waals surface area contributed by atoms with Gasteiger partial charge in [-0.25, -0.2) is 14.4 Å². The predicted octanol–water partition coefficient (Wildman–Crippen LogP) is 8.52. The molecule has 0 atom stereocenters. The third-order valence-electron chi connectivity index (χ3n) is 6.35. The summed E-state index contributed by atoms with van der Waals surface area (Å²) >= 11 is 7.63. The SMILES string of the molecule is CCCCCCCCOC(=O)c1ccc(OC(=O)c2ccc(OC(=O)c3sc4cc(OC)ccc4c3Cl)cc2)cc1. The molecule has 0 fully saturated rings. The van der Waals surface area contributed by atoms with Crippen molar-refractivity contribution in [3.05, 3.63) is 87.8 Å². The Balaban J connectivity index is 1.27. The number of fused-ring (bicyclic) bond motifs is 1. The maximum atomic E-state index is 12.8. The van der Waals surface area contributed by atoms with Crippen LogP contribution < -0.4 is 14.2 Å². The van der Waals surface area contributed by atoms with E-state index in [1.54, 1.807) is 49.6 Å². The van der Waals surface area contributed by atoms with Crippen molar-refractivity contribution >= 4 is 50.9 Å². The van der Waals surface area contributed by atoms with Crippen molar-refractivity contribution in [2.75, 3.05) is 13.7 Å². The zero-order valence-electron chi connectivity index (χ0n) is 22.9. The van der Waals surface area contributed by atoms with Crippen LogP contribution in [0.2, 0.25) is 5.02 Å². The van der Waals surface area contributed by atoms with E-state index < -0.39 is 17.9 Å². The van der Waals surface area contributed by atoms with E-state index in [1.165, 1.54) is 54.9 Å². The Bertz CT molecular complexity index is 1490. The van der Waals surface area contributed by atoms with E-state index in [4.69, 9.17) is 30.5 Å². The fourth-order valence-corrected chi connectivity index (χ4v) is 5.49. The fraction of sp³-hybridized carbons (Fsp3) is 0.281. The zero-order valence-corrected chi connectivity index (χ0v) is 24.5. The van der Waals surface area contributed by atoms with E-state index in [0.29, 0.717) is 22.9 Å². The summed E-state index contributed by atoms with van der Waals surface area (Å²) in [6, 6.07) is 17.6. The van der Waals surface area contributed by atoms with Crippen LogP contribution in [-0.2, 0) is 4.74 Å². The third-order valence-corrected chi connectivity index (χ3v) is 7.99. The molecule has 0 N–H and O–H groups in total. The maximum Gasteiger partial charge on any atom is 0.355 e. The first-order valence-corrected chi connectivity index (χ1v) is 14.7. The number of esters is 3. The van der Waals surface area contributed by atoms with Crippen molar-refractivity contribution in [2.45, 2.75) is 45.4 Å². The van der Waals surface area contributed by atoms with Gasteiger partial charge in [0.1, 0.15) is 22.1 Å². The number of methoxy groups -OCH3 is 1. The monoisotopic (exact) mass is 594 g/mol. The first kappa shape index (κ1) is 30.1. The number of benzene rings is 3. The number of ether oxygens (including phenoxy) is 4. The minimum Gasteiger partial charge on any atom is -0.497 e. The second kappa shape index (κ2) is 14.7. The molecule has 0 aliphatic heterocycles. The molecular weight excluding hydrogens is 564 g/mol. The average Bonchev–Trinajstić information content (AvgIpc) is 3.32. The predicted molar refractivity (Wildman–Crippen MR) is 160 cm³/mol. The topological polar surface area (TPSA) is 88.1 Å². The van der Waals surface area contributed by atoms with Crippen LogP contribution in [-0.4, -0.2) is 31.6 Å². The molecule has 4 aromatic rings. The lowest BCUT2D eigenvalue weighted by atomic mass is 10.1. The van der Waals surface area contributed by atoms with E-state index in [1.807, 2.05) is 0 Å². The molecule has 0 spiro atoms. The molecule has 0 bridgehead atoms. The van der Waals surface area contributed by atoms with E-state index >= 15 is 0 Å². The number of carbonyl (C=O) groups excluding carboxylic acids is 3. The molecule has 0 aliphatic carbocycles. The molecule has 0 radical (unpaired) electrons. The summed E-state index contributed by atoms with van der Waals surface area (Å²) in [5, 5.41) is 1.05. The molecule has 4 rings (SSSR count). The molecule has 0 unspecified atom stereocenters. The van der Waals surface area contributed by atoms with Gasteiger partial charge < -0.3 is 18.9 Å². The van der Waals surface area contributed by atoms with Gasteiger partial charge >= 0.3 is 17.9 Å². The Morgan fingerprint density at radius 1 is 0.707 bits per heavy atom. The highest BCUT2D eigenvalue weighted by Gasteiger charge is 2.20. The van der Waals surface area contributed by atoms with Gasteiger partial charge in [-0.05, 0) is 73.2 Å². The summed E-state index contributed by atoms with van der Waals surface area (Å²) in [6.45, 7) is 2.56. The summed E-state index contributed by atoms with van der Waals surface area (Å²) in [7, 11) is 1.57. The van der Waals surface area contributed by atoms with Crippen molar-refractivity contribution < 1.29 is 33.3 Å². The van der Waals surface area contributed by atoms with Gasteiger partial charge in [0.25, 0.3) is 0 Å². The van der Waals surface area contributed by atoms with Gasteiger partial charge in [0, 0.05) is 10.1 Å². The molecule has 214 valence electrons. The van der Waals surface area contributed by atoms with Gasteiger partial charge in [-0.1, -0.05) is 50.6 Å². The molecular formula is C32H31ClO7S. The second-order valence-electron chi connectivity index (χ2n) is 9.34. The Morgan fingerprint density at radius 3 is 1.90 bits per heavy atom. The molecule has 0 saturated carbocycles. The Morgan fingerprint density at radius 2 is 1.27 bits per heavy atom. The molecule has 7 nitrogen and oxygen atoms in total. The quantitative estimate of drug-likeness (QED) is 0.0870. The minimum atomic E-state index is -0.601. The van der Waals surface area contributed by atoms with Crippen LogP contribution in [0.4, 0.5) is 0 Å². The van der Waals surface area contributed by atoms with Crippen LogP contribution in [0.25, 0.3) is 10.1 Å². The molecule has 9 heteroatoms. The van der Waals surface area contributed by atoms with Crippen LogP contribution in [0.5, 0.6) is 17.2 Å². The van der Waals surface area contributed by atoms with Crippen molar-refractivity contribution in [3.8, 4) is 17.2 Å². The molecule has 0 aliphatic rings. The number of unbranched alkanes of at least 4 members (excludes halogenated alkanes) is 5. The second-order valence-corrected chi connectivity index (χ2v) is 10.8. The number of halogens is 1. The van der Waals surface area contributed by atoms with E-state index in [-0.39, 0.29) is 21.9 Å². The van der Waals surface area contributed by atoms with Crippen molar-refractivity contribution in [2.24, 2.45) is 0 Å². The van der Waals surface area contributed by atoms with Gasteiger partial charge in [0.2, 0.25) is 0 Å². The first-order valence-electron chi connectivity index (χ1n) is 13.5. The Hall–Kier alpha value is -3.88. The average molecular weight is 595 g/mol. The van der Waals surface area contributed by atoms with Crippen molar-refractivity contribution in [3.63, 3.8) is 0 Å². The Kier molecular flexibility index (Phi) is 10.8. The molecule has 1 heterocycles. The molecule has 1 aromatic heterocycles. The van der Waals surface area contributed by atoms with Crippen LogP contribution in [0.3, 0.4) is 0 Å². The molecule has 41 heavy (non-hydrogen) atoms. The summed E-state index contributed by atoms with van der Waals surface area (Å²) in [5.74, 6) is -0.400. The number of hydrogen-bond acceptors (Lipinski definition) is 8. The van der Waals surface area contributed by atoms with E-state index in [9.17, 15) is 14.4 Å². The lowest BCUT2D eigenvalue weighted by molar-refractivity contribution is 0.0497. The number of carbonyl (C=O) groups is 3. The van der Waals surface area contributed by atoms with Gasteiger partial charge in [-0.2, -0.15) is 0 Å².